The number of anilines is 1. The van der Waals surface area contributed by atoms with Gasteiger partial charge in [-0.25, -0.2) is 17.5 Å². The first kappa shape index (κ1) is 16.2. The Bertz CT molecular complexity index is 625. The summed E-state index contributed by atoms with van der Waals surface area (Å²) in [6.07, 6.45) is 1.54. The Labute approximate surface area is 124 Å². The Morgan fingerprint density at radius 3 is 2.62 bits per heavy atom. The maximum Gasteiger partial charge on any atom is 0.243 e. The van der Waals surface area contributed by atoms with Crippen molar-refractivity contribution in [3.63, 3.8) is 0 Å². The molecule has 1 saturated heterocycles. The molecule has 0 unspecified atom stereocenters. The molecule has 1 heterocycles. The zero-order chi connectivity index (χ0) is 15.7. The summed E-state index contributed by atoms with van der Waals surface area (Å²) in [6, 6.07) is 2.56. The number of aryl methyl sites for hydroxylation is 1. The van der Waals surface area contributed by atoms with Gasteiger partial charge in [0.1, 0.15) is 10.7 Å². The third-order valence-corrected chi connectivity index (χ3v) is 5.32. The lowest BCUT2D eigenvalue weighted by molar-refractivity contribution is 0.0264. The third-order valence-electron chi connectivity index (χ3n) is 3.92. The van der Waals surface area contributed by atoms with Crippen LogP contribution in [0.2, 0.25) is 0 Å². The number of hydrogen-bond donors (Lipinski definition) is 2. The predicted molar refractivity (Wildman–Crippen MR) is 78.9 cm³/mol. The van der Waals surface area contributed by atoms with Gasteiger partial charge in [0, 0.05) is 25.4 Å². The monoisotopic (exact) mass is 316 g/mol. The number of benzene rings is 1. The lowest BCUT2D eigenvalue weighted by Gasteiger charge is -2.33. The maximum atomic E-state index is 14.0. The number of nitrogens with two attached hydrogens (primary N) is 1. The van der Waals surface area contributed by atoms with E-state index in [1.807, 2.05) is 6.92 Å². The minimum atomic E-state index is -3.92. The van der Waals surface area contributed by atoms with Crippen molar-refractivity contribution in [1.82, 2.24) is 4.72 Å². The number of rotatable bonds is 4. The SMILES string of the molecule is Cc1cc(N)cc(S(=O)(=O)NCC2(C)CCOCC2)c1F. The van der Waals surface area contributed by atoms with E-state index >= 15 is 0 Å². The lowest BCUT2D eigenvalue weighted by atomic mass is 9.83. The number of hydrogen-bond acceptors (Lipinski definition) is 4. The van der Waals surface area contributed by atoms with Crippen LogP contribution in [0.5, 0.6) is 0 Å². The fourth-order valence-electron chi connectivity index (χ4n) is 2.35. The molecular weight excluding hydrogens is 295 g/mol. The molecule has 0 amide bonds. The van der Waals surface area contributed by atoms with E-state index in [9.17, 15) is 12.8 Å². The van der Waals surface area contributed by atoms with Crippen LogP contribution in [0.3, 0.4) is 0 Å². The molecule has 1 aliphatic rings. The minimum absolute atomic E-state index is 0.169. The number of nitrogen functional groups attached to an aromatic ring is 1. The molecule has 21 heavy (non-hydrogen) atoms. The van der Waals surface area contributed by atoms with E-state index in [0.29, 0.717) is 13.2 Å². The number of halogens is 1. The van der Waals surface area contributed by atoms with Crippen LogP contribution in [0.1, 0.15) is 25.3 Å². The molecule has 0 aromatic heterocycles. The summed E-state index contributed by atoms with van der Waals surface area (Å²) in [5.41, 5.74) is 5.89. The minimum Gasteiger partial charge on any atom is -0.399 e. The molecule has 1 aliphatic heterocycles. The largest absolute Gasteiger partial charge is 0.399 e. The van der Waals surface area contributed by atoms with Gasteiger partial charge in [-0.15, -0.1) is 0 Å². The van der Waals surface area contributed by atoms with E-state index in [0.717, 1.165) is 18.9 Å². The van der Waals surface area contributed by atoms with Crippen LogP contribution in [0, 0.1) is 18.2 Å². The zero-order valence-corrected chi connectivity index (χ0v) is 13.1. The van der Waals surface area contributed by atoms with Gasteiger partial charge in [0.15, 0.2) is 0 Å². The highest BCUT2D eigenvalue weighted by molar-refractivity contribution is 7.89. The number of sulfonamides is 1. The summed E-state index contributed by atoms with van der Waals surface area (Å²) >= 11 is 0. The normalized spacial score (nSPS) is 18.6. The molecule has 2 rings (SSSR count). The zero-order valence-electron chi connectivity index (χ0n) is 12.3. The Hall–Kier alpha value is -1.18. The molecule has 118 valence electrons. The van der Waals surface area contributed by atoms with Crippen molar-refractivity contribution < 1.29 is 17.5 Å². The summed E-state index contributed by atoms with van der Waals surface area (Å²) in [5.74, 6) is -0.756. The average Bonchev–Trinajstić information content (AvgIpc) is 2.42. The van der Waals surface area contributed by atoms with Gasteiger partial charge in [0.05, 0.1) is 0 Å². The molecule has 1 aromatic carbocycles. The molecule has 7 heteroatoms. The van der Waals surface area contributed by atoms with Crippen molar-refractivity contribution >= 4 is 15.7 Å². The van der Waals surface area contributed by atoms with Crippen LogP contribution in [0.15, 0.2) is 17.0 Å². The van der Waals surface area contributed by atoms with Gasteiger partial charge in [-0.3, -0.25) is 0 Å². The molecule has 0 saturated carbocycles. The van der Waals surface area contributed by atoms with E-state index < -0.39 is 20.7 Å². The van der Waals surface area contributed by atoms with Crippen LogP contribution >= 0.6 is 0 Å². The highest BCUT2D eigenvalue weighted by Gasteiger charge is 2.30. The van der Waals surface area contributed by atoms with Crippen molar-refractivity contribution in [2.45, 2.75) is 31.6 Å². The van der Waals surface area contributed by atoms with Crippen molar-refractivity contribution in [2.75, 3.05) is 25.5 Å². The summed E-state index contributed by atoms with van der Waals surface area (Å²) in [5, 5.41) is 0. The maximum absolute atomic E-state index is 14.0. The fourth-order valence-corrected chi connectivity index (χ4v) is 3.73. The lowest BCUT2D eigenvalue weighted by Crippen LogP contribution is -2.39. The van der Waals surface area contributed by atoms with Crippen molar-refractivity contribution in [1.29, 1.82) is 0 Å². The Kier molecular flexibility index (Phi) is 4.55. The Morgan fingerprint density at radius 1 is 1.38 bits per heavy atom. The fraction of sp³-hybridized carbons (Fsp3) is 0.571. The van der Waals surface area contributed by atoms with E-state index in [1.165, 1.54) is 13.0 Å². The number of nitrogens with one attached hydrogen (secondary N) is 1. The van der Waals surface area contributed by atoms with Crippen molar-refractivity contribution in [3.8, 4) is 0 Å². The first-order valence-corrected chi connectivity index (χ1v) is 8.35. The molecule has 0 atom stereocenters. The van der Waals surface area contributed by atoms with Gasteiger partial charge in [-0.1, -0.05) is 6.92 Å². The molecule has 1 fully saturated rings. The van der Waals surface area contributed by atoms with E-state index in [4.69, 9.17) is 10.5 Å². The van der Waals surface area contributed by atoms with E-state index in [2.05, 4.69) is 4.72 Å². The molecule has 0 aliphatic carbocycles. The standard InChI is InChI=1S/C14H21FN2O3S/c1-10-7-11(16)8-12(13(10)15)21(18,19)17-9-14(2)3-5-20-6-4-14/h7-8,17H,3-6,9,16H2,1-2H3. The van der Waals surface area contributed by atoms with E-state index in [1.54, 1.807) is 0 Å². The quantitative estimate of drug-likeness (QED) is 0.830. The van der Waals surface area contributed by atoms with Gasteiger partial charge in [-0.2, -0.15) is 0 Å². The molecule has 0 bridgehead atoms. The van der Waals surface area contributed by atoms with Crippen LogP contribution in [-0.2, 0) is 14.8 Å². The summed E-state index contributed by atoms with van der Waals surface area (Å²) in [6.45, 7) is 4.98. The van der Waals surface area contributed by atoms with Crippen LogP contribution in [0.4, 0.5) is 10.1 Å². The van der Waals surface area contributed by atoms with Crippen molar-refractivity contribution in [2.24, 2.45) is 5.41 Å². The molecule has 3 N–H and O–H groups in total. The third kappa shape index (κ3) is 3.72. The van der Waals surface area contributed by atoms with Crippen LogP contribution in [0.25, 0.3) is 0 Å². The summed E-state index contributed by atoms with van der Waals surface area (Å²) in [4.78, 5) is -0.393. The van der Waals surface area contributed by atoms with E-state index in [-0.39, 0.29) is 23.2 Å². The first-order valence-electron chi connectivity index (χ1n) is 6.87. The van der Waals surface area contributed by atoms with Crippen LogP contribution in [-0.4, -0.2) is 28.2 Å². The van der Waals surface area contributed by atoms with Gasteiger partial charge in [-0.05, 0) is 42.9 Å². The molecular formula is C14H21FN2O3S. The van der Waals surface area contributed by atoms with Gasteiger partial charge >= 0.3 is 0 Å². The smallest absolute Gasteiger partial charge is 0.243 e. The highest BCUT2D eigenvalue weighted by atomic mass is 32.2. The Balaban J connectivity index is 2.19. The topological polar surface area (TPSA) is 81.4 Å². The average molecular weight is 316 g/mol. The van der Waals surface area contributed by atoms with Gasteiger partial charge in [0.2, 0.25) is 10.0 Å². The van der Waals surface area contributed by atoms with Gasteiger partial charge in [0.25, 0.3) is 0 Å². The van der Waals surface area contributed by atoms with Gasteiger partial charge < -0.3 is 10.5 Å². The molecule has 1 aromatic rings. The first-order chi connectivity index (χ1) is 9.73. The Morgan fingerprint density at radius 2 is 2.00 bits per heavy atom. The van der Waals surface area contributed by atoms with Crippen molar-refractivity contribution in [3.05, 3.63) is 23.5 Å². The second kappa shape index (κ2) is 5.90. The predicted octanol–water partition coefficient (Wildman–Crippen LogP) is 1.81. The molecule has 5 nitrogen and oxygen atoms in total. The second-order valence-corrected chi connectivity index (χ2v) is 7.63. The second-order valence-electron chi connectivity index (χ2n) is 5.90. The molecule has 0 spiro atoms. The summed E-state index contributed by atoms with van der Waals surface area (Å²) < 4.78 is 46.4. The summed E-state index contributed by atoms with van der Waals surface area (Å²) in [7, 11) is -3.92. The highest BCUT2D eigenvalue weighted by Crippen LogP contribution is 2.29. The number of ether oxygens (including phenoxy) is 1. The molecule has 0 radical (unpaired) electrons. The van der Waals surface area contributed by atoms with Crippen LogP contribution < -0.4 is 10.5 Å².